The Hall–Kier alpha value is -3.66. The highest BCUT2D eigenvalue weighted by molar-refractivity contribution is 5.97. The molecule has 4 atom stereocenters. The maximum absolute atomic E-state index is 16.7. The highest BCUT2D eigenvalue weighted by atomic mass is 19.4. The van der Waals surface area contributed by atoms with Crippen molar-refractivity contribution in [3.05, 3.63) is 23.1 Å². The number of aromatic nitrogens is 4. The van der Waals surface area contributed by atoms with E-state index in [4.69, 9.17) is 20.2 Å². The summed E-state index contributed by atoms with van der Waals surface area (Å²) in [7, 11) is 0. The number of piperazine rings is 1. The van der Waals surface area contributed by atoms with Crippen LogP contribution in [-0.4, -0.2) is 87.8 Å². The topological polar surface area (TPSA) is 115 Å². The van der Waals surface area contributed by atoms with Crippen molar-refractivity contribution in [1.82, 2.24) is 30.2 Å². The molecule has 0 unspecified atom stereocenters. The minimum absolute atomic E-state index is 0.0320. The van der Waals surface area contributed by atoms with Crippen molar-refractivity contribution in [2.45, 2.75) is 82.3 Å². The average Bonchev–Trinajstić information content (AvgIpc) is 3.56. The van der Waals surface area contributed by atoms with E-state index in [0.29, 0.717) is 25.5 Å². The molecule has 47 heavy (non-hydrogen) atoms. The summed E-state index contributed by atoms with van der Waals surface area (Å²) in [4.78, 5) is 21.1. The molecule has 16 heteroatoms. The molecule has 2 bridgehead atoms. The van der Waals surface area contributed by atoms with Gasteiger partial charge in [-0.3, -0.25) is 4.90 Å². The molecule has 10 nitrogen and oxygen atoms in total. The molecule has 3 saturated heterocycles. The van der Waals surface area contributed by atoms with Gasteiger partial charge in [0, 0.05) is 49.1 Å². The first-order chi connectivity index (χ1) is 22.2. The first-order valence-electron chi connectivity index (χ1n) is 15.9. The molecule has 0 aromatic carbocycles. The number of ether oxygens (including phenoxy) is 2. The van der Waals surface area contributed by atoms with Crippen LogP contribution < -0.4 is 25.4 Å². The number of aryl methyl sites for hydroxylation is 1. The minimum atomic E-state index is -4.89. The molecule has 5 aliphatic rings. The molecular formula is C31H34F6N8O2. The van der Waals surface area contributed by atoms with Crippen LogP contribution in [0.4, 0.5) is 38.0 Å². The van der Waals surface area contributed by atoms with Crippen molar-refractivity contribution in [2.24, 2.45) is 5.41 Å². The van der Waals surface area contributed by atoms with E-state index >= 15 is 4.39 Å². The third kappa shape index (κ3) is 5.27. The predicted molar refractivity (Wildman–Crippen MR) is 159 cm³/mol. The Labute approximate surface area is 266 Å². The fourth-order valence-corrected chi connectivity index (χ4v) is 7.93. The lowest BCUT2D eigenvalue weighted by Crippen LogP contribution is -2.62. The van der Waals surface area contributed by atoms with Crippen molar-refractivity contribution >= 4 is 22.5 Å². The van der Waals surface area contributed by atoms with Crippen molar-refractivity contribution in [3.63, 3.8) is 0 Å². The number of nitrogen functional groups attached to an aromatic ring is 1. The van der Waals surface area contributed by atoms with E-state index in [9.17, 15) is 22.0 Å². The van der Waals surface area contributed by atoms with E-state index in [1.54, 1.807) is 4.90 Å². The maximum atomic E-state index is 16.7. The van der Waals surface area contributed by atoms with Crippen LogP contribution in [0.5, 0.6) is 11.9 Å². The Morgan fingerprint density at radius 1 is 1.13 bits per heavy atom. The Kier molecular flexibility index (Phi) is 6.80. The Morgan fingerprint density at radius 3 is 2.62 bits per heavy atom. The van der Waals surface area contributed by atoms with Gasteiger partial charge >= 0.3 is 12.2 Å². The van der Waals surface area contributed by atoms with Gasteiger partial charge in [0.25, 0.3) is 5.92 Å². The smallest absolute Gasteiger partial charge is 0.418 e. The van der Waals surface area contributed by atoms with Crippen LogP contribution in [0.25, 0.3) is 22.2 Å². The van der Waals surface area contributed by atoms with Gasteiger partial charge in [0.15, 0.2) is 5.82 Å². The molecule has 1 saturated carbocycles. The standard InChI is InChI=1S/C31H34F6N8O2/c1-14-21(31(35,36)37)17(9-19(38)39-14)23-22(32)24-20-26(45-10-16-3-4-18(40-16)25(45)15(2)47-27(20)41-23)43-28(42-24)46-13-29(5-6-29)11-44-8-7-30(33,34)12-44/h9,15-16,18,25,40H,3-8,10-13H2,1-2H3,(H2,38,39)/t15-,16+,18-,25+/m0/s1. The second-order valence-corrected chi connectivity index (χ2v) is 13.8. The third-order valence-corrected chi connectivity index (χ3v) is 10.3. The molecular weight excluding hydrogens is 630 g/mol. The summed E-state index contributed by atoms with van der Waals surface area (Å²) in [5, 5.41) is 3.75. The number of fused-ring (bicyclic) bond motifs is 5. The molecule has 252 valence electrons. The van der Waals surface area contributed by atoms with Gasteiger partial charge in [-0.2, -0.15) is 23.1 Å². The molecule has 0 amide bonds. The van der Waals surface area contributed by atoms with Crippen molar-refractivity contribution in [1.29, 1.82) is 0 Å². The van der Waals surface area contributed by atoms with Gasteiger partial charge in [-0.05, 0) is 45.6 Å². The first-order valence-corrected chi connectivity index (χ1v) is 15.9. The summed E-state index contributed by atoms with van der Waals surface area (Å²) in [6.07, 6.45) is -2.24. The Balaban J connectivity index is 1.25. The fraction of sp³-hybridized carbons (Fsp3) is 0.613. The highest BCUT2D eigenvalue weighted by Gasteiger charge is 2.50. The molecule has 3 N–H and O–H groups in total. The van der Waals surface area contributed by atoms with Crippen LogP contribution in [0.2, 0.25) is 0 Å². The van der Waals surface area contributed by atoms with Crippen LogP contribution in [0, 0.1) is 18.2 Å². The molecule has 0 spiro atoms. The van der Waals surface area contributed by atoms with Gasteiger partial charge in [0.05, 0.1) is 30.5 Å². The quantitative estimate of drug-likeness (QED) is 0.359. The van der Waals surface area contributed by atoms with E-state index in [1.807, 2.05) is 11.8 Å². The number of anilines is 2. The summed E-state index contributed by atoms with van der Waals surface area (Å²) in [5.74, 6) is -3.82. The summed E-state index contributed by atoms with van der Waals surface area (Å²) in [6.45, 7) is 4.06. The van der Waals surface area contributed by atoms with Crippen LogP contribution in [0.1, 0.15) is 50.3 Å². The zero-order chi connectivity index (χ0) is 33.0. The van der Waals surface area contributed by atoms with Gasteiger partial charge in [0.1, 0.15) is 34.3 Å². The molecule has 1 aliphatic carbocycles. The number of alkyl halides is 5. The lowest BCUT2D eigenvalue weighted by atomic mass is 9.99. The summed E-state index contributed by atoms with van der Waals surface area (Å²) >= 11 is 0. The zero-order valence-corrected chi connectivity index (χ0v) is 25.8. The van der Waals surface area contributed by atoms with Crippen molar-refractivity contribution < 1.29 is 35.8 Å². The van der Waals surface area contributed by atoms with E-state index < -0.39 is 46.5 Å². The third-order valence-electron chi connectivity index (χ3n) is 10.3. The van der Waals surface area contributed by atoms with E-state index in [-0.39, 0.29) is 71.7 Å². The summed E-state index contributed by atoms with van der Waals surface area (Å²) in [5.41, 5.74) is 2.38. The highest BCUT2D eigenvalue weighted by Crippen LogP contribution is 2.49. The number of nitrogens with zero attached hydrogens (tertiary/aromatic N) is 6. The zero-order valence-electron chi connectivity index (χ0n) is 25.8. The Bertz CT molecular complexity index is 1770. The predicted octanol–water partition coefficient (Wildman–Crippen LogP) is 4.73. The molecule has 4 fully saturated rings. The maximum Gasteiger partial charge on any atom is 0.418 e. The lowest BCUT2D eigenvalue weighted by Gasteiger charge is -2.42. The van der Waals surface area contributed by atoms with Crippen LogP contribution >= 0.6 is 0 Å². The molecule has 0 radical (unpaired) electrons. The number of pyridine rings is 2. The number of hydrogen-bond donors (Lipinski definition) is 2. The van der Waals surface area contributed by atoms with Crippen molar-refractivity contribution in [3.8, 4) is 23.1 Å². The van der Waals surface area contributed by atoms with Gasteiger partial charge in [-0.25, -0.2) is 23.1 Å². The summed E-state index contributed by atoms with van der Waals surface area (Å²) < 4.78 is 100.0. The SMILES string of the molecule is Cc1nc(N)cc(-c2nc3c4c(nc(OCC5(CN6CCC(F)(F)C6)CC5)nc4c2F)N2C[C@H]4CC[C@H](N4)[C@H]2[C@H](C)O3)c1C(F)(F)F. The van der Waals surface area contributed by atoms with Crippen LogP contribution in [-0.2, 0) is 6.18 Å². The van der Waals surface area contributed by atoms with Crippen LogP contribution in [0.15, 0.2) is 6.07 Å². The molecule has 7 heterocycles. The number of likely N-dealkylation sites (tertiary alicyclic amines) is 1. The fourth-order valence-electron chi connectivity index (χ4n) is 7.93. The minimum Gasteiger partial charge on any atom is -0.472 e. The number of hydrogen-bond acceptors (Lipinski definition) is 10. The lowest BCUT2D eigenvalue weighted by molar-refractivity contribution is -0.137. The number of nitrogens with two attached hydrogens (primary N) is 1. The molecule has 4 aliphatic heterocycles. The first kappa shape index (κ1) is 30.7. The van der Waals surface area contributed by atoms with Crippen molar-refractivity contribution in [2.75, 3.05) is 43.4 Å². The monoisotopic (exact) mass is 664 g/mol. The number of halogens is 6. The second-order valence-electron chi connectivity index (χ2n) is 13.8. The molecule has 3 aromatic rings. The van der Waals surface area contributed by atoms with Gasteiger partial charge < -0.3 is 25.4 Å². The van der Waals surface area contributed by atoms with E-state index in [0.717, 1.165) is 38.7 Å². The normalized spacial score (nSPS) is 27.4. The second kappa shape index (κ2) is 10.4. The molecule has 8 rings (SSSR count). The average molecular weight is 665 g/mol. The van der Waals surface area contributed by atoms with E-state index in [2.05, 4.69) is 20.3 Å². The van der Waals surface area contributed by atoms with Gasteiger partial charge in [-0.1, -0.05) is 0 Å². The largest absolute Gasteiger partial charge is 0.472 e. The van der Waals surface area contributed by atoms with E-state index in [1.165, 1.54) is 0 Å². The van der Waals surface area contributed by atoms with Gasteiger partial charge in [-0.15, -0.1) is 0 Å². The molecule has 3 aromatic heterocycles. The van der Waals surface area contributed by atoms with Crippen LogP contribution in [0.3, 0.4) is 0 Å². The number of nitrogens with one attached hydrogen (secondary N) is 1. The number of rotatable bonds is 6. The summed E-state index contributed by atoms with van der Waals surface area (Å²) in [6, 6.07) is 0.737. The Morgan fingerprint density at radius 2 is 1.91 bits per heavy atom. The van der Waals surface area contributed by atoms with Gasteiger partial charge in [0.2, 0.25) is 5.88 Å².